The predicted octanol–water partition coefficient (Wildman–Crippen LogP) is 0.484. The van der Waals surface area contributed by atoms with Crippen molar-refractivity contribution >= 4 is 53.3 Å². The second-order valence-electron chi connectivity index (χ2n) is 7.69. The summed E-state index contributed by atoms with van der Waals surface area (Å²) < 4.78 is 6.76. The quantitative estimate of drug-likeness (QED) is 0.169. The first-order valence-corrected chi connectivity index (χ1v) is 11.4. The van der Waals surface area contributed by atoms with E-state index in [4.69, 9.17) is 29.2 Å². The fourth-order valence-corrected chi connectivity index (χ4v) is 4.15. The van der Waals surface area contributed by atoms with E-state index in [2.05, 4.69) is 20.6 Å². The van der Waals surface area contributed by atoms with Gasteiger partial charge in [-0.3, -0.25) is 0 Å². The molecule has 0 bridgehead atoms. The molecule has 0 aliphatic carbocycles. The number of nitrogens with zero attached hydrogens (tertiary/aromatic N) is 1. The van der Waals surface area contributed by atoms with Crippen molar-refractivity contribution < 1.29 is 38.6 Å². The van der Waals surface area contributed by atoms with Gasteiger partial charge in [-0.1, -0.05) is 18.3 Å². The number of benzene rings is 2. The largest absolute Gasteiger partial charge is 1.00 e. The molecular weight excluding hydrogens is 481 g/mol. The molecule has 12 heteroatoms. The molecule has 1 radical (unpaired) electrons. The minimum Gasteiger partial charge on any atom is -0.545 e. The Balaban J connectivity index is 0.00000342. The fourth-order valence-electron chi connectivity index (χ4n) is 3.64. The van der Waals surface area contributed by atoms with E-state index in [-0.39, 0.29) is 31.2 Å². The first-order valence-electron chi connectivity index (χ1n) is 10.6. The molecule has 0 spiro atoms. The predicted molar refractivity (Wildman–Crippen MR) is 133 cm³/mol. The van der Waals surface area contributed by atoms with Gasteiger partial charge in [-0.05, 0) is 55.4 Å². The molecule has 35 heavy (non-hydrogen) atoms. The van der Waals surface area contributed by atoms with Crippen LogP contribution in [0.3, 0.4) is 0 Å². The number of carboxylic acid groups (broad SMARTS) is 1. The molecule has 4 rings (SSSR count). The summed E-state index contributed by atoms with van der Waals surface area (Å²) in [6.07, 6.45) is 0.786. The van der Waals surface area contributed by atoms with Crippen LogP contribution in [0.1, 0.15) is 23.2 Å². The van der Waals surface area contributed by atoms with Gasteiger partial charge in [0.1, 0.15) is 16.2 Å². The SMILES string of the molecule is O=C([O-])c1ccc(OCNc2cccc(Nc3cc(=S)[nH]c(=S)[nH]3)c2)cc1N1[CH]C(O)CCC1.[Li+]. The third-order valence-electron chi connectivity index (χ3n) is 5.17. The van der Waals surface area contributed by atoms with E-state index < -0.39 is 12.1 Å². The summed E-state index contributed by atoms with van der Waals surface area (Å²) in [4.78, 5) is 19.1. The van der Waals surface area contributed by atoms with E-state index in [1.54, 1.807) is 29.6 Å². The normalized spacial score (nSPS) is 15.1. The molecule has 1 aliphatic heterocycles. The van der Waals surface area contributed by atoms with E-state index in [1.807, 2.05) is 24.3 Å². The summed E-state index contributed by atoms with van der Waals surface area (Å²) >= 11 is 10.3. The van der Waals surface area contributed by atoms with Gasteiger partial charge in [-0.25, -0.2) is 0 Å². The number of carbonyl (C=O) groups excluding carboxylic acids is 1. The number of anilines is 4. The number of aliphatic hydroxyl groups excluding tert-OH is 1. The van der Waals surface area contributed by atoms with Crippen LogP contribution >= 0.6 is 24.4 Å². The Hall–Kier alpha value is -2.81. The number of piperidine rings is 1. The van der Waals surface area contributed by atoms with E-state index in [1.165, 1.54) is 6.07 Å². The maximum absolute atomic E-state index is 11.6. The van der Waals surface area contributed by atoms with Crippen molar-refractivity contribution in [3.8, 4) is 5.75 Å². The van der Waals surface area contributed by atoms with Gasteiger partial charge >= 0.3 is 18.9 Å². The van der Waals surface area contributed by atoms with Gasteiger partial charge in [0.25, 0.3) is 0 Å². The number of hydrogen-bond donors (Lipinski definition) is 5. The van der Waals surface area contributed by atoms with Gasteiger partial charge < -0.3 is 45.2 Å². The van der Waals surface area contributed by atoms with E-state index in [0.29, 0.717) is 39.6 Å². The van der Waals surface area contributed by atoms with Crippen molar-refractivity contribution in [3.63, 3.8) is 0 Å². The summed E-state index contributed by atoms with van der Waals surface area (Å²) in [5, 5.41) is 27.9. The van der Waals surface area contributed by atoms with Crippen LogP contribution in [0.2, 0.25) is 0 Å². The molecule has 9 nitrogen and oxygen atoms in total. The van der Waals surface area contributed by atoms with Gasteiger partial charge in [-0.15, -0.1) is 0 Å². The van der Waals surface area contributed by atoms with Crippen molar-refractivity contribution in [1.82, 2.24) is 9.97 Å². The molecule has 1 fully saturated rings. The number of aromatic carboxylic acids is 1. The first-order chi connectivity index (χ1) is 16.4. The Bertz CT molecular complexity index is 1270. The van der Waals surface area contributed by atoms with E-state index >= 15 is 0 Å². The number of aromatic nitrogens is 2. The van der Waals surface area contributed by atoms with Crippen LogP contribution in [-0.4, -0.2) is 40.4 Å². The second-order valence-corrected chi connectivity index (χ2v) is 8.54. The Kier molecular flexibility index (Phi) is 9.37. The number of carboxylic acids is 1. The monoisotopic (exact) mass is 504 g/mol. The third-order valence-corrected chi connectivity index (χ3v) is 5.59. The zero-order chi connectivity index (χ0) is 24.1. The van der Waals surface area contributed by atoms with Crippen LogP contribution in [-0.2, 0) is 0 Å². The number of hydrogen-bond acceptors (Lipinski definition) is 9. The molecule has 5 N–H and O–H groups in total. The summed E-state index contributed by atoms with van der Waals surface area (Å²) in [6.45, 7) is 2.38. The molecule has 177 valence electrons. The summed E-state index contributed by atoms with van der Waals surface area (Å²) in [7, 11) is 0. The van der Waals surface area contributed by atoms with Gasteiger partial charge in [0.05, 0.1) is 18.6 Å². The van der Waals surface area contributed by atoms with Crippen molar-refractivity contribution in [1.29, 1.82) is 0 Å². The number of rotatable bonds is 8. The van der Waals surface area contributed by atoms with Gasteiger partial charge in [-0.2, -0.15) is 0 Å². The first kappa shape index (κ1) is 26.8. The van der Waals surface area contributed by atoms with Gasteiger partial charge in [0.2, 0.25) is 0 Å². The fraction of sp³-hybridized carbons (Fsp3) is 0.217. The number of ether oxygens (including phenoxy) is 1. The molecule has 1 unspecified atom stereocenters. The smallest absolute Gasteiger partial charge is 0.545 e. The molecule has 1 saturated heterocycles. The molecule has 3 aromatic rings. The maximum atomic E-state index is 11.6. The van der Waals surface area contributed by atoms with Crippen LogP contribution in [0.5, 0.6) is 5.75 Å². The van der Waals surface area contributed by atoms with E-state index in [0.717, 1.165) is 17.8 Å². The Labute approximate surface area is 224 Å². The van der Waals surface area contributed by atoms with Crippen molar-refractivity contribution in [2.75, 3.05) is 28.8 Å². The van der Waals surface area contributed by atoms with Gasteiger partial charge in [0.15, 0.2) is 11.5 Å². The van der Waals surface area contributed by atoms with Crippen LogP contribution in [0, 0.1) is 16.0 Å². The second kappa shape index (κ2) is 12.2. The molecule has 1 atom stereocenters. The average Bonchev–Trinajstić information content (AvgIpc) is 2.78. The molecule has 1 aliphatic rings. The number of nitrogens with one attached hydrogen (secondary N) is 4. The molecule has 2 aromatic carbocycles. The zero-order valence-electron chi connectivity index (χ0n) is 19.0. The minimum absolute atomic E-state index is 0. The van der Waals surface area contributed by atoms with E-state index in [9.17, 15) is 15.0 Å². The topological polar surface area (TPSA) is 128 Å². The number of aliphatic hydroxyl groups is 1. The maximum Gasteiger partial charge on any atom is 1.00 e. The minimum atomic E-state index is -1.28. The van der Waals surface area contributed by atoms with Gasteiger partial charge in [0, 0.05) is 41.3 Å². The number of H-pyrrole nitrogens is 2. The van der Waals surface area contributed by atoms with Crippen molar-refractivity contribution in [2.45, 2.75) is 18.9 Å². The van der Waals surface area contributed by atoms with Crippen LogP contribution in [0.25, 0.3) is 0 Å². The summed E-state index contributed by atoms with van der Waals surface area (Å²) in [5.74, 6) is -0.124. The molecule has 0 amide bonds. The molecule has 1 aromatic heterocycles. The van der Waals surface area contributed by atoms with Crippen molar-refractivity contribution in [2.24, 2.45) is 0 Å². The van der Waals surface area contributed by atoms with Crippen molar-refractivity contribution in [3.05, 3.63) is 70.1 Å². The van der Waals surface area contributed by atoms with Crippen LogP contribution in [0.15, 0.2) is 48.5 Å². The molecular formula is C23H23LiN5O4S2. The average molecular weight is 505 g/mol. The van der Waals surface area contributed by atoms with Crippen LogP contribution in [0.4, 0.5) is 22.9 Å². The Morgan fingerprint density at radius 3 is 2.71 bits per heavy atom. The Morgan fingerprint density at radius 2 is 1.97 bits per heavy atom. The number of carbonyl (C=O) groups is 1. The number of aromatic amines is 2. The molecule has 0 saturated carbocycles. The van der Waals surface area contributed by atoms with Crippen LogP contribution < -0.4 is 44.2 Å². The summed E-state index contributed by atoms with van der Waals surface area (Å²) in [6, 6.07) is 14.0. The zero-order valence-corrected chi connectivity index (χ0v) is 20.7. The third kappa shape index (κ3) is 7.33. The standard InChI is InChI=1S/C23H24N5O4S2.Li/c29-16-5-2-8-28(12-16)19-10-17(6-7-18(19)22(30)31)32-13-24-14-3-1-4-15(9-14)25-20-11-21(33)27-23(34)26-20;/h1,3-4,6-7,9-12,16,24,29H,2,5,8,13H2,(H,30,31)(H3,25,26,27,33,34);/q;+1/p-1. The molecule has 2 heterocycles. The Morgan fingerprint density at radius 1 is 1.17 bits per heavy atom. The summed E-state index contributed by atoms with van der Waals surface area (Å²) in [5.41, 5.74) is 2.10.